The van der Waals surface area contributed by atoms with Gasteiger partial charge in [-0.05, 0) is 90.4 Å². The summed E-state index contributed by atoms with van der Waals surface area (Å²) in [6.45, 7) is 2.06. The highest BCUT2D eigenvalue weighted by Gasteiger charge is 2.29. The fourth-order valence-electron chi connectivity index (χ4n) is 4.09. The molecule has 0 aliphatic heterocycles. The van der Waals surface area contributed by atoms with Crippen LogP contribution in [-0.2, 0) is 12.8 Å². The smallest absolute Gasteiger partial charge is 0.291 e. The summed E-state index contributed by atoms with van der Waals surface area (Å²) in [4.78, 5) is 18.7. The van der Waals surface area contributed by atoms with Crippen LogP contribution in [0.2, 0.25) is 0 Å². The molecule has 0 radical (unpaired) electrons. The number of amides is 1. The largest absolute Gasteiger partial charge is 0.459 e. The van der Waals surface area contributed by atoms with Crippen LogP contribution in [0.5, 0.6) is 0 Å². The van der Waals surface area contributed by atoms with Gasteiger partial charge in [0.2, 0.25) is 0 Å². The Morgan fingerprint density at radius 2 is 2.13 bits per heavy atom. The van der Waals surface area contributed by atoms with Crippen LogP contribution in [0, 0.1) is 6.92 Å². The Kier molecular flexibility index (Phi) is 5.61. The zero-order chi connectivity index (χ0) is 21.2. The molecule has 31 heavy (non-hydrogen) atoms. The summed E-state index contributed by atoms with van der Waals surface area (Å²) in [5, 5.41) is 11.9. The standard InChI is InChI=1S/C24H23N3O2S2/c1-15-8-10-25-20(13-15)26-22(16-9-12-30-14-16)21-17-5-2-3-7-19(17)31-24(21)27-23(28)18-6-4-11-29-18/h4,6,8-14,22H,2-3,5,7H2,1H3,(H,25,26)(H,27,28)/t22-/m1/s1. The van der Waals surface area contributed by atoms with Gasteiger partial charge in [-0.3, -0.25) is 4.79 Å². The maximum Gasteiger partial charge on any atom is 0.291 e. The predicted molar refractivity (Wildman–Crippen MR) is 126 cm³/mol. The zero-order valence-electron chi connectivity index (χ0n) is 17.2. The lowest BCUT2D eigenvalue weighted by atomic mass is 9.90. The van der Waals surface area contributed by atoms with E-state index in [1.54, 1.807) is 34.8 Å². The molecule has 5 rings (SSSR count). The van der Waals surface area contributed by atoms with Crippen LogP contribution in [0.3, 0.4) is 0 Å². The lowest BCUT2D eigenvalue weighted by Crippen LogP contribution is -2.18. The number of rotatable bonds is 6. The SMILES string of the molecule is Cc1ccnc(N[C@H](c2ccsc2)c2c(NC(=O)c3ccco3)sc3c2CCCC3)c1. The molecule has 158 valence electrons. The van der Waals surface area contributed by atoms with Crippen LogP contribution in [0.4, 0.5) is 10.8 Å². The Morgan fingerprint density at radius 3 is 2.90 bits per heavy atom. The van der Waals surface area contributed by atoms with E-state index in [4.69, 9.17) is 4.42 Å². The van der Waals surface area contributed by atoms with E-state index in [2.05, 4.69) is 45.4 Å². The van der Waals surface area contributed by atoms with E-state index < -0.39 is 0 Å². The first-order chi connectivity index (χ1) is 15.2. The summed E-state index contributed by atoms with van der Waals surface area (Å²) in [6, 6.07) is 9.52. The van der Waals surface area contributed by atoms with Crippen molar-refractivity contribution in [3.05, 3.63) is 86.4 Å². The third-order valence-corrected chi connectivity index (χ3v) is 7.48. The highest BCUT2D eigenvalue weighted by atomic mass is 32.1. The van der Waals surface area contributed by atoms with Crippen molar-refractivity contribution < 1.29 is 9.21 Å². The number of aromatic nitrogens is 1. The van der Waals surface area contributed by atoms with E-state index in [1.807, 2.05) is 12.3 Å². The monoisotopic (exact) mass is 449 g/mol. The third-order valence-electron chi connectivity index (χ3n) is 5.56. The number of anilines is 2. The van der Waals surface area contributed by atoms with Crippen molar-refractivity contribution in [3.63, 3.8) is 0 Å². The average Bonchev–Trinajstić information content (AvgIpc) is 3.53. The van der Waals surface area contributed by atoms with Gasteiger partial charge in [0.1, 0.15) is 10.8 Å². The second-order valence-electron chi connectivity index (χ2n) is 7.74. The summed E-state index contributed by atoms with van der Waals surface area (Å²) >= 11 is 3.37. The van der Waals surface area contributed by atoms with E-state index in [0.29, 0.717) is 5.76 Å². The fraction of sp³-hybridized carbons (Fsp3) is 0.250. The van der Waals surface area contributed by atoms with Gasteiger partial charge in [-0.2, -0.15) is 11.3 Å². The van der Waals surface area contributed by atoms with E-state index in [1.165, 1.54) is 35.1 Å². The predicted octanol–water partition coefficient (Wildman–Crippen LogP) is 6.44. The Hall–Kier alpha value is -2.90. The minimum atomic E-state index is -0.220. The lowest BCUT2D eigenvalue weighted by Gasteiger charge is -2.23. The quantitative estimate of drug-likeness (QED) is 0.355. The Labute approximate surface area is 189 Å². The van der Waals surface area contributed by atoms with Gasteiger partial charge in [-0.1, -0.05) is 0 Å². The number of furan rings is 1. The third kappa shape index (κ3) is 4.16. The van der Waals surface area contributed by atoms with Crippen LogP contribution < -0.4 is 10.6 Å². The van der Waals surface area contributed by atoms with E-state index in [0.717, 1.165) is 34.8 Å². The van der Waals surface area contributed by atoms with Gasteiger partial charge in [0, 0.05) is 16.6 Å². The molecule has 0 bridgehead atoms. The molecule has 4 aromatic rings. The fourth-order valence-corrected chi connectivity index (χ4v) is 6.09. The molecule has 4 heterocycles. The summed E-state index contributed by atoms with van der Waals surface area (Å²) < 4.78 is 5.32. The van der Waals surface area contributed by atoms with Crippen LogP contribution in [0.1, 0.15) is 56.6 Å². The second-order valence-corrected chi connectivity index (χ2v) is 9.62. The lowest BCUT2D eigenvalue weighted by molar-refractivity contribution is 0.0997. The van der Waals surface area contributed by atoms with E-state index in [-0.39, 0.29) is 11.9 Å². The van der Waals surface area contributed by atoms with Crippen LogP contribution in [0.25, 0.3) is 0 Å². The van der Waals surface area contributed by atoms with Crippen LogP contribution in [0.15, 0.2) is 58.0 Å². The van der Waals surface area contributed by atoms with Gasteiger partial charge in [-0.25, -0.2) is 4.98 Å². The van der Waals surface area contributed by atoms with Gasteiger partial charge >= 0.3 is 0 Å². The first-order valence-electron chi connectivity index (χ1n) is 10.4. The first-order valence-corrected chi connectivity index (χ1v) is 12.2. The number of hydrogen-bond acceptors (Lipinski definition) is 6. The van der Waals surface area contributed by atoms with E-state index in [9.17, 15) is 4.79 Å². The highest BCUT2D eigenvalue weighted by molar-refractivity contribution is 7.16. The number of nitrogens with one attached hydrogen (secondary N) is 2. The zero-order valence-corrected chi connectivity index (χ0v) is 18.8. The Morgan fingerprint density at radius 1 is 1.23 bits per heavy atom. The molecular weight excluding hydrogens is 426 g/mol. The average molecular weight is 450 g/mol. The summed E-state index contributed by atoms with van der Waals surface area (Å²) in [6.07, 6.45) is 7.79. The minimum absolute atomic E-state index is 0.0921. The molecule has 4 aromatic heterocycles. The van der Waals surface area contributed by atoms with Crippen molar-refractivity contribution in [1.29, 1.82) is 0 Å². The van der Waals surface area contributed by atoms with Crippen molar-refractivity contribution in [3.8, 4) is 0 Å². The molecule has 7 heteroatoms. The molecule has 0 unspecified atom stereocenters. The van der Waals surface area contributed by atoms with Crippen LogP contribution in [-0.4, -0.2) is 10.9 Å². The summed E-state index contributed by atoms with van der Waals surface area (Å²) in [5.41, 5.74) is 4.84. The number of carbonyl (C=O) groups is 1. The highest BCUT2D eigenvalue weighted by Crippen LogP contribution is 2.44. The van der Waals surface area contributed by atoms with Gasteiger partial charge < -0.3 is 15.1 Å². The van der Waals surface area contributed by atoms with Crippen molar-refractivity contribution in [2.45, 2.75) is 38.6 Å². The summed E-state index contributed by atoms with van der Waals surface area (Å²) in [7, 11) is 0. The van der Waals surface area contributed by atoms with Gasteiger partial charge in [-0.15, -0.1) is 11.3 Å². The number of fused-ring (bicyclic) bond motifs is 1. The van der Waals surface area contributed by atoms with Gasteiger partial charge in [0.15, 0.2) is 5.76 Å². The number of pyridine rings is 1. The number of carbonyl (C=O) groups excluding carboxylic acids is 1. The van der Waals surface area contributed by atoms with E-state index >= 15 is 0 Å². The molecule has 2 N–H and O–H groups in total. The van der Waals surface area contributed by atoms with Gasteiger partial charge in [0.25, 0.3) is 5.91 Å². The summed E-state index contributed by atoms with van der Waals surface area (Å²) in [5.74, 6) is 0.926. The molecule has 1 amide bonds. The Bertz CT molecular complexity index is 1180. The van der Waals surface area contributed by atoms with Crippen LogP contribution >= 0.6 is 22.7 Å². The number of nitrogens with zero attached hydrogens (tertiary/aromatic N) is 1. The van der Waals surface area contributed by atoms with Gasteiger partial charge in [0.05, 0.1) is 12.3 Å². The minimum Gasteiger partial charge on any atom is -0.459 e. The molecule has 0 saturated heterocycles. The molecule has 0 saturated carbocycles. The Balaban J connectivity index is 1.59. The molecule has 1 atom stereocenters. The normalized spacial score (nSPS) is 14.1. The number of hydrogen-bond donors (Lipinski definition) is 2. The topological polar surface area (TPSA) is 67.2 Å². The number of aryl methyl sites for hydroxylation is 2. The first kappa shape index (κ1) is 20.0. The molecule has 1 aliphatic rings. The molecule has 0 aromatic carbocycles. The molecular formula is C24H23N3O2S2. The van der Waals surface area contributed by atoms with Crippen molar-refractivity contribution >= 4 is 39.4 Å². The van der Waals surface area contributed by atoms with Crippen molar-refractivity contribution in [1.82, 2.24) is 4.98 Å². The molecule has 1 aliphatic carbocycles. The second kappa shape index (κ2) is 8.69. The molecule has 5 nitrogen and oxygen atoms in total. The maximum atomic E-state index is 12.8. The maximum absolute atomic E-state index is 12.8. The molecule has 0 fully saturated rings. The molecule has 0 spiro atoms. The van der Waals surface area contributed by atoms with Crippen molar-refractivity contribution in [2.24, 2.45) is 0 Å². The number of thiophene rings is 2. The van der Waals surface area contributed by atoms with Crippen molar-refractivity contribution in [2.75, 3.05) is 10.6 Å².